The summed E-state index contributed by atoms with van der Waals surface area (Å²) in [5.74, 6) is 0.222. The van der Waals surface area contributed by atoms with Gasteiger partial charge in [0.15, 0.2) is 5.11 Å². The van der Waals surface area contributed by atoms with Crippen molar-refractivity contribution in [2.24, 2.45) is 0 Å². The molecule has 0 radical (unpaired) electrons. The summed E-state index contributed by atoms with van der Waals surface area (Å²) in [5.41, 5.74) is 1.61. The Morgan fingerprint density at radius 3 is 2.66 bits per heavy atom. The van der Waals surface area contributed by atoms with E-state index >= 15 is 0 Å². The van der Waals surface area contributed by atoms with Gasteiger partial charge in [0.1, 0.15) is 5.75 Å². The molecule has 0 saturated heterocycles. The molecule has 32 heavy (non-hydrogen) atoms. The van der Waals surface area contributed by atoms with Crippen molar-refractivity contribution in [3.63, 3.8) is 0 Å². The van der Waals surface area contributed by atoms with E-state index in [-0.39, 0.29) is 5.91 Å². The number of carbonyl (C=O) groups is 1. The monoisotopic (exact) mass is 515 g/mol. The van der Waals surface area contributed by atoms with Crippen LogP contribution < -0.4 is 10.1 Å². The summed E-state index contributed by atoms with van der Waals surface area (Å²) >= 11 is 8.96. The molecule has 0 saturated carbocycles. The molecule has 7 heteroatoms. The maximum Gasteiger partial charge on any atom is 0.261 e. The molecule has 1 N–H and O–H groups in total. The van der Waals surface area contributed by atoms with Gasteiger partial charge in [0.25, 0.3) is 5.91 Å². The summed E-state index contributed by atoms with van der Waals surface area (Å²) in [5, 5.41) is 12.2. The normalized spacial score (nSPS) is 10.3. The van der Waals surface area contributed by atoms with E-state index in [1.807, 2.05) is 29.2 Å². The molecule has 0 heterocycles. The number of rotatable bonds is 12. The fourth-order valence-electron chi connectivity index (χ4n) is 3.17. The quantitative estimate of drug-likeness (QED) is 0.282. The molecular weight excluding hydrogens is 486 g/mol. The van der Waals surface area contributed by atoms with Crippen molar-refractivity contribution in [3.8, 4) is 11.8 Å². The molecule has 2 rings (SSSR count). The molecule has 0 atom stereocenters. The van der Waals surface area contributed by atoms with Crippen LogP contribution in [0.4, 0.5) is 0 Å². The second-order valence-corrected chi connectivity index (χ2v) is 8.74. The molecule has 0 aliphatic carbocycles. The molecule has 1 amide bonds. The zero-order chi connectivity index (χ0) is 23.2. The summed E-state index contributed by atoms with van der Waals surface area (Å²) in [6, 6.07) is 17.6. The van der Waals surface area contributed by atoms with E-state index in [0.29, 0.717) is 42.5 Å². The van der Waals surface area contributed by atoms with E-state index in [0.717, 1.165) is 30.2 Å². The van der Waals surface area contributed by atoms with E-state index in [1.54, 1.807) is 12.1 Å². The fraction of sp³-hybridized carbons (Fsp3) is 0.400. The van der Waals surface area contributed by atoms with Crippen molar-refractivity contribution in [1.29, 1.82) is 5.26 Å². The highest BCUT2D eigenvalue weighted by Gasteiger charge is 2.18. The number of amides is 1. The number of unbranched alkanes of at least 4 members (excludes halogenated alkanes) is 3. The van der Waals surface area contributed by atoms with Crippen molar-refractivity contribution in [1.82, 2.24) is 10.2 Å². The Labute approximate surface area is 204 Å². The van der Waals surface area contributed by atoms with Crippen LogP contribution in [0.1, 0.15) is 54.9 Å². The number of halogens is 1. The zero-order valence-corrected chi connectivity index (χ0v) is 20.9. The SMILES string of the molecule is CCCCCCOc1ccc(Br)cc1C(=O)NC(=S)N(CCC#N)CCc1ccccc1. The Kier molecular flexibility index (Phi) is 11.8. The number of hydrogen-bond acceptors (Lipinski definition) is 4. The second-order valence-electron chi connectivity index (χ2n) is 7.44. The van der Waals surface area contributed by atoms with Crippen LogP contribution in [0.5, 0.6) is 5.75 Å². The van der Waals surface area contributed by atoms with Crippen molar-refractivity contribution in [3.05, 3.63) is 64.1 Å². The van der Waals surface area contributed by atoms with Gasteiger partial charge in [0.05, 0.1) is 24.7 Å². The third-order valence-corrected chi connectivity index (χ3v) is 5.81. The molecule has 0 aromatic heterocycles. The largest absolute Gasteiger partial charge is 0.493 e. The van der Waals surface area contributed by atoms with E-state index in [9.17, 15) is 4.79 Å². The van der Waals surface area contributed by atoms with Crippen LogP contribution in [0, 0.1) is 11.3 Å². The number of nitrogens with one attached hydrogen (secondary N) is 1. The Bertz CT molecular complexity index is 915. The summed E-state index contributed by atoms with van der Waals surface area (Å²) in [7, 11) is 0. The zero-order valence-electron chi connectivity index (χ0n) is 18.5. The Morgan fingerprint density at radius 1 is 1.16 bits per heavy atom. The lowest BCUT2D eigenvalue weighted by molar-refractivity contribution is 0.0969. The van der Waals surface area contributed by atoms with Crippen molar-refractivity contribution in [2.45, 2.75) is 45.4 Å². The van der Waals surface area contributed by atoms with Gasteiger partial charge in [0.2, 0.25) is 0 Å². The van der Waals surface area contributed by atoms with Gasteiger partial charge in [-0.2, -0.15) is 5.26 Å². The van der Waals surface area contributed by atoms with Crippen LogP contribution in [0.15, 0.2) is 53.0 Å². The molecule has 2 aromatic carbocycles. The summed E-state index contributed by atoms with van der Waals surface area (Å²) in [6.45, 7) is 3.81. The van der Waals surface area contributed by atoms with Gasteiger partial charge in [0, 0.05) is 17.6 Å². The minimum atomic E-state index is -0.318. The molecule has 0 fully saturated rings. The molecule has 2 aromatic rings. The first kappa shape index (κ1) is 25.8. The first-order valence-corrected chi connectivity index (χ1v) is 12.2. The summed E-state index contributed by atoms with van der Waals surface area (Å²) in [6.07, 6.45) is 5.49. The number of hydrogen-bond donors (Lipinski definition) is 1. The molecule has 0 aliphatic rings. The van der Waals surface area contributed by atoms with Crippen LogP contribution in [0.2, 0.25) is 0 Å². The number of carbonyl (C=O) groups excluding carboxylic acids is 1. The molecule has 0 bridgehead atoms. The molecular formula is C25H30BrN3O2S. The average Bonchev–Trinajstić information content (AvgIpc) is 2.80. The van der Waals surface area contributed by atoms with E-state index < -0.39 is 0 Å². The highest BCUT2D eigenvalue weighted by molar-refractivity contribution is 9.10. The van der Waals surface area contributed by atoms with Crippen LogP contribution in [0.3, 0.4) is 0 Å². The average molecular weight is 517 g/mol. The van der Waals surface area contributed by atoms with Crippen molar-refractivity contribution >= 4 is 39.2 Å². The minimum Gasteiger partial charge on any atom is -0.493 e. The van der Waals surface area contributed by atoms with Crippen molar-refractivity contribution < 1.29 is 9.53 Å². The third kappa shape index (κ3) is 8.97. The number of benzene rings is 2. The maximum absolute atomic E-state index is 13.0. The van der Waals surface area contributed by atoms with Gasteiger partial charge >= 0.3 is 0 Å². The van der Waals surface area contributed by atoms with Gasteiger partial charge < -0.3 is 9.64 Å². The predicted molar refractivity (Wildman–Crippen MR) is 136 cm³/mol. The standard InChI is InChI=1S/C25H30BrN3O2S/c1-2-3-4-8-18-31-23-13-12-21(26)19-22(23)24(30)28-25(32)29(16-9-15-27)17-14-20-10-6-5-7-11-20/h5-7,10-13,19H,2-4,8-9,14,16-18H2,1H3,(H,28,30,32). The van der Waals surface area contributed by atoms with Gasteiger partial charge in [-0.1, -0.05) is 72.4 Å². The van der Waals surface area contributed by atoms with Crippen LogP contribution in [0.25, 0.3) is 0 Å². The Balaban J connectivity index is 2.03. The number of nitriles is 1. The number of thiocarbonyl (C=S) groups is 1. The summed E-state index contributed by atoms with van der Waals surface area (Å²) in [4.78, 5) is 14.9. The minimum absolute atomic E-state index is 0.315. The van der Waals surface area contributed by atoms with Gasteiger partial charge in [-0.15, -0.1) is 0 Å². The fourth-order valence-corrected chi connectivity index (χ4v) is 3.80. The lowest BCUT2D eigenvalue weighted by Gasteiger charge is -2.25. The highest BCUT2D eigenvalue weighted by atomic mass is 79.9. The predicted octanol–water partition coefficient (Wildman–Crippen LogP) is 5.88. The van der Waals surface area contributed by atoms with Gasteiger partial charge in [-0.05, 0) is 48.8 Å². The van der Waals surface area contributed by atoms with Gasteiger partial charge in [-0.25, -0.2) is 0 Å². The summed E-state index contributed by atoms with van der Waals surface area (Å²) < 4.78 is 6.68. The third-order valence-electron chi connectivity index (χ3n) is 4.96. The lowest BCUT2D eigenvalue weighted by atomic mass is 10.1. The van der Waals surface area contributed by atoms with Crippen LogP contribution in [-0.2, 0) is 6.42 Å². The molecule has 0 unspecified atom stereocenters. The first-order chi connectivity index (χ1) is 15.5. The van der Waals surface area contributed by atoms with Crippen LogP contribution >= 0.6 is 28.1 Å². The van der Waals surface area contributed by atoms with Gasteiger partial charge in [-0.3, -0.25) is 10.1 Å². The topological polar surface area (TPSA) is 65.4 Å². The maximum atomic E-state index is 13.0. The molecule has 0 spiro atoms. The second kappa shape index (κ2) is 14.6. The first-order valence-electron chi connectivity index (χ1n) is 11.0. The molecule has 170 valence electrons. The smallest absolute Gasteiger partial charge is 0.261 e. The molecule has 5 nitrogen and oxygen atoms in total. The number of ether oxygens (including phenoxy) is 1. The highest BCUT2D eigenvalue weighted by Crippen LogP contribution is 2.24. The lowest BCUT2D eigenvalue weighted by Crippen LogP contribution is -2.44. The van der Waals surface area contributed by atoms with E-state index in [1.165, 1.54) is 12.0 Å². The Hall–Kier alpha value is -2.43. The molecule has 0 aliphatic heterocycles. The van der Waals surface area contributed by atoms with E-state index in [2.05, 4.69) is 46.4 Å². The van der Waals surface area contributed by atoms with Crippen molar-refractivity contribution in [2.75, 3.05) is 19.7 Å². The van der Waals surface area contributed by atoms with E-state index in [4.69, 9.17) is 22.2 Å². The number of nitrogens with zero attached hydrogens (tertiary/aromatic N) is 2. The Morgan fingerprint density at radius 2 is 1.94 bits per heavy atom. The van der Waals surface area contributed by atoms with Crippen LogP contribution in [-0.4, -0.2) is 35.6 Å².